The first-order chi connectivity index (χ1) is 9.58. The van der Waals surface area contributed by atoms with E-state index in [0.29, 0.717) is 24.2 Å². The highest BCUT2D eigenvalue weighted by molar-refractivity contribution is 6.00. The summed E-state index contributed by atoms with van der Waals surface area (Å²) in [7, 11) is 0. The first kappa shape index (κ1) is 12.5. The van der Waals surface area contributed by atoms with Gasteiger partial charge in [-0.1, -0.05) is 18.2 Å². The molecular formula is C16H14O4. The fourth-order valence-electron chi connectivity index (χ4n) is 2.55. The lowest BCUT2D eigenvalue weighted by Gasteiger charge is -2.14. The van der Waals surface area contributed by atoms with Crippen molar-refractivity contribution in [1.82, 2.24) is 0 Å². The number of phenolic OH excluding ortho intramolecular Hbond substituents is 2. The second-order valence-corrected chi connectivity index (χ2v) is 4.86. The molecule has 3 rings (SSSR count). The number of hydrogen-bond acceptors (Lipinski definition) is 4. The topological polar surface area (TPSA) is 66.8 Å². The number of hydrogen-bond donors (Lipinski definition) is 2. The number of carbonyl (C=O) groups excluding carboxylic acids is 1. The Morgan fingerprint density at radius 2 is 1.90 bits per heavy atom. The molecule has 0 saturated heterocycles. The molecule has 4 nitrogen and oxygen atoms in total. The summed E-state index contributed by atoms with van der Waals surface area (Å²) in [4.78, 5) is 11.8. The number of phenols is 2. The van der Waals surface area contributed by atoms with Gasteiger partial charge in [0, 0.05) is 11.6 Å². The lowest BCUT2D eigenvalue weighted by Crippen LogP contribution is -2.01. The zero-order valence-electron chi connectivity index (χ0n) is 11.0. The van der Waals surface area contributed by atoms with Gasteiger partial charge in [-0.3, -0.25) is 4.79 Å². The zero-order chi connectivity index (χ0) is 14.3. The fraction of sp³-hybridized carbons (Fsp3) is 0.188. The smallest absolute Gasteiger partial charge is 0.167 e. The van der Waals surface area contributed by atoms with Crippen LogP contribution in [0.15, 0.2) is 30.3 Å². The number of rotatable bonds is 1. The summed E-state index contributed by atoms with van der Waals surface area (Å²) >= 11 is 0. The van der Waals surface area contributed by atoms with Crippen LogP contribution in [0.1, 0.15) is 28.4 Å². The van der Waals surface area contributed by atoms with Crippen LogP contribution in [0.5, 0.6) is 23.0 Å². The number of ether oxygens (including phenoxy) is 1. The van der Waals surface area contributed by atoms with Crippen LogP contribution in [0.2, 0.25) is 0 Å². The minimum atomic E-state index is -0.293. The van der Waals surface area contributed by atoms with Crippen LogP contribution < -0.4 is 4.74 Å². The van der Waals surface area contributed by atoms with E-state index in [0.717, 1.165) is 5.56 Å². The van der Waals surface area contributed by atoms with Gasteiger partial charge < -0.3 is 14.9 Å². The van der Waals surface area contributed by atoms with Crippen molar-refractivity contribution >= 4 is 5.78 Å². The first-order valence-corrected chi connectivity index (χ1v) is 6.42. The van der Waals surface area contributed by atoms with Crippen molar-refractivity contribution in [1.29, 1.82) is 0 Å². The number of Topliss-reactive ketones (excluding diaryl/α,β-unsaturated/α-hetero) is 1. The largest absolute Gasteiger partial charge is 0.507 e. The molecule has 0 aliphatic carbocycles. The normalized spacial score (nSPS) is 12.8. The highest BCUT2D eigenvalue weighted by Crippen LogP contribution is 2.44. The van der Waals surface area contributed by atoms with Gasteiger partial charge in [0.1, 0.15) is 28.6 Å². The van der Waals surface area contributed by atoms with Gasteiger partial charge in [-0.05, 0) is 31.4 Å². The van der Waals surface area contributed by atoms with E-state index in [-0.39, 0.29) is 28.6 Å². The summed E-state index contributed by atoms with van der Waals surface area (Å²) in [6.45, 7) is 1.37. The molecule has 2 aromatic rings. The lowest BCUT2D eigenvalue weighted by atomic mass is 9.99. The Kier molecular flexibility index (Phi) is 2.86. The first-order valence-electron chi connectivity index (χ1n) is 6.42. The van der Waals surface area contributed by atoms with Crippen molar-refractivity contribution in [2.24, 2.45) is 0 Å². The molecule has 0 bridgehead atoms. The molecule has 0 fully saturated rings. The zero-order valence-corrected chi connectivity index (χ0v) is 11.0. The highest BCUT2D eigenvalue weighted by atomic mass is 16.5. The number of aryl methyl sites for hydroxylation is 1. The molecule has 4 heteroatoms. The van der Waals surface area contributed by atoms with E-state index in [4.69, 9.17) is 4.74 Å². The number of benzene rings is 2. The van der Waals surface area contributed by atoms with Crippen LogP contribution in [0.4, 0.5) is 0 Å². The van der Waals surface area contributed by atoms with Crippen molar-refractivity contribution < 1.29 is 19.7 Å². The molecule has 0 aromatic heterocycles. The van der Waals surface area contributed by atoms with E-state index in [1.165, 1.54) is 13.0 Å². The van der Waals surface area contributed by atoms with Crippen molar-refractivity contribution in [2.45, 2.75) is 19.8 Å². The third kappa shape index (κ3) is 1.90. The maximum atomic E-state index is 11.8. The molecule has 2 N–H and O–H groups in total. The summed E-state index contributed by atoms with van der Waals surface area (Å²) in [5.41, 5.74) is 1.69. The van der Waals surface area contributed by atoms with Crippen LogP contribution in [0.25, 0.3) is 0 Å². The average molecular weight is 270 g/mol. The van der Waals surface area contributed by atoms with E-state index in [9.17, 15) is 15.0 Å². The average Bonchev–Trinajstić information content (AvgIpc) is 2.57. The quantitative estimate of drug-likeness (QED) is 0.781. The number of ketones is 1. The van der Waals surface area contributed by atoms with Gasteiger partial charge in [0.2, 0.25) is 0 Å². The van der Waals surface area contributed by atoms with Gasteiger partial charge in [-0.25, -0.2) is 0 Å². The van der Waals surface area contributed by atoms with Crippen LogP contribution in [0.3, 0.4) is 0 Å². The van der Waals surface area contributed by atoms with Crippen molar-refractivity contribution in [3.05, 3.63) is 47.0 Å². The van der Waals surface area contributed by atoms with Gasteiger partial charge in [0.05, 0.1) is 0 Å². The summed E-state index contributed by atoms with van der Waals surface area (Å²) in [5.74, 6) is 0.320. The third-order valence-corrected chi connectivity index (χ3v) is 3.52. The number of carbonyl (C=O) groups is 1. The Bertz CT molecular complexity index is 704. The number of fused-ring (bicyclic) bond motifs is 2. The summed E-state index contributed by atoms with van der Waals surface area (Å²) in [6.07, 6.45) is 1.26. The summed E-state index contributed by atoms with van der Waals surface area (Å²) in [5, 5.41) is 19.9. The number of aromatic hydroxyl groups is 2. The fourth-order valence-corrected chi connectivity index (χ4v) is 2.55. The predicted octanol–water partition coefficient (Wildman–Crippen LogP) is 3.19. The van der Waals surface area contributed by atoms with E-state index >= 15 is 0 Å². The van der Waals surface area contributed by atoms with Crippen LogP contribution in [0, 0.1) is 0 Å². The summed E-state index contributed by atoms with van der Waals surface area (Å²) < 4.78 is 5.82. The molecule has 102 valence electrons. The molecule has 1 heterocycles. The molecule has 0 unspecified atom stereocenters. The van der Waals surface area contributed by atoms with Gasteiger partial charge in [-0.2, -0.15) is 0 Å². The molecule has 2 aromatic carbocycles. The Morgan fingerprint density at radius 1 is 1.15 bits per heavy atom. The monoisotopic (exact) mass is 270 g/mol. The second-order valence-electron chi connectivity index (χ2n) is 4.86. The van der Waals surface area contributed by atoms with Crippen molar-refractivity contribution in [2.75, 3.05) is 0 Å². The van der Waals surface area contributed by atoms with Gasteiger partial charge in [-0.15, -0.1) is 0 Å². The minimum Gasteiger partial charge on any atom is -0.507 e. The Morgan fingerprint density at radius 3 is 2.65 bits per heavy atom. The Hall–Kier alpha value is -2.49. The van der Waals surface area contributed by atoms with E-state index < -0.39 is 0 Å². The van der Waals surface area contributed by atoms with Gasteiger partial charge in [0.15, 0.2) is 5.78 Å². The maximum Gasteiger partial charge on any atom is 0.167 e. The number of para-hydroxylation sites is 1. The van der Waals surface area contributed by atoms with Crippen molar-refractivity contribution in [3.63, 3.8) is 0 Å². The van der Waals surface area contributed by atoms with Gasteiger partial charge in [0.25, 0.3) is 0 Å². The van der Waals surface area contributed by atoms with Crippen LogP contribution >= 0.6 is 0 Å². The molecule has 1 aliphatic rings. The third-order valence-electron chi connectivity index (χ3n) is 3.52. The molecule has 0 spiro atoms. The predicted molar refractivity (Wildman–Crippen MR) is 73.7 cm³/mol. The van der Waals surface area contributed by atoms with Gasteiger partial charge >= 0.3 is 0 Å². The Labute approximate surface area is 116 Å². The molecule has 0 radical (unpaired) electrons. The van der Waals surface area contributed by atoms with E-state index in [1.807, 2.05) is 24.3 Å². The maximum absolute atomic E-state index is 11.8. The molecule has 0 saturated carbocycles. The molecular weight excluding hydrogens is 256 g/mol. The molecule has 0 atom stereocenters. The SMILES string of the molecule is CC(=O)c1c(O)cc(O)c2c1Oc1ccccc1CC2. The van der Waals surface area contributed by atoms with Crippen LogP contribution in [-0.2, 0) is 12.8 Å². The molecule has 1 aliphatic heterocycles. The standard InChI is InChI=1S/C16H14O4/c1-9(17)15-13(19)8-12(18)11-7-6-10-4-2-3-5-14(10)20-16(11)15/h2-5,8,18-19H,6-7H2,1H3. The van der Waals surface area contributed by atoms with Crippen molar-refractivity contribution in [3.8, 4) is 23.0 Å². The summed E-state index contributed by atoms with van der Waals surface area (Å²) in [6, 6.07) is 8.73. The molecule has 0 amide bonds. The van der Waals surface area contributed by atoms with Crippen LogP contribution in [-0.4, -0.2) is 16.0 Å². The minimum absolute atomic E-state index is 0.0460. The lowest BCUT2D eigenvalue weighted by molar-refractivity contribution is 0.101. The van der Waals surface area contributed by atoms with E-state index in [1.54, 1.807) is 0 Å². The second kappa shape index (κ2) is 4.56. The Balaban J connectivity index is 2.25. The molecule has 20 heavy (non-hydrogen) atoms. The van der Waals surface area contributed by atoms with E-state index in [2.05, 4.69) is 0 Å². The highest BCUT2D eigenvalue weighted by Gasteiger charge is 2.25.